The molecule has 0 aliphatic carbocycles. The molecular weight excluding hydrogens is 394 g/mol. The quantitative estimate of drug-likeness (QED) is 0.659. The van der Waals surface area contributed by atoms with Crippen molar-refractivity contribution in [3.63, 3.8) is 0 Å². The van der Waals surface area contributed by atoms with Crippen LogP contribution in [0.15, 0.2) is 24.3 Å². The van der Waals surface area contributed by atoms with Gasteiger partial charge in [-0.2, -0.15) is 13.2 Å². The summed E-state index contributed by atoms with van der Waals surface area (Å²) in [6.07, 6.45) is -5.59. The molecule has 0 radical (unpaired) electrons. The first kappa shape index (κ1) is 21.1. The van der Waals surface area contributed by atoms with E-state index in [2.05, 4.69) is 20.9 Å². The smallest absolute Gasteiger partial charge is 0.391 e. The molecule has 0 spiro atoms. The summed E-state index contributed by atoms with van der Waals surface area (Å²) < 4.78 is 53.8. The molecule has 1 aromatic carbocycles. The Morgan fingerprint density at radius 1 is 1.30 bits per heavy atom. The summed E-state index contributed by atoms with van der Waals surface area (Å²) in [7, 11) is 0. The molecule has 148 valence electrons. The molecule has 1 saturated heterocycles. The molecular formula is C15H16ClF4N5O2. The van der Waals surface area contributed by atoms with Gasteiger partial charge in [0.1, 0.15) is 5.82 Å². The van der Waals surface area contributed by atoms with Crippen molar-refractivity contribution in [3.8, 4) is 5.69 Å². The Morgan fingerprint density at radius 3 is 2.52 bits per heavy atom. The number of benzene rings is 1. The average Bonchev–Trinajstić information content (AvgIpc) is 3.19. The molecule has 0 bridgehead atoms. The number of aliphatic hydroxyl groups is 1. The van der Waals surface area contributed by atoms with Crippen LogP contribution in [-0.4, -0.2) is 51.7 Å². The van der Waals surface area contributed by atoms with Gasteiger partial charge in [-0.15, -0.1) is 17.5 Å². The van der Waals surface area contributed by atoms with Crippen molar-refractivity contribution in [1.82, 2.24) is 25.6 Å². The molecule has 7 nitrogen and oxygen atoms in total. The molecule has 1 fully saturated rings. The number of aromatic nitrogens is 3. The third kappa shape index (κ3) is 4.54. The minimum absolute atomic E-state index is 0. The first-order chi connectivity index (χ1) is 12.3. The molecule has 0 saturated carbocycles. The van der Waals surface area contributed by atoms with Crippen LogP contribution < -0.4 is 10.6 Å². The van der Waals surface area contributed by atoms with E-state index in [0.29, 0.717) is 17.8 Å². The van der Waals surface area contributed by atoms with E-state index in [4.69, 9.17) is 0 Å². The third-order valence-corrected chi connectivity index (χ3v) is 4.05. The van der Waals surface area contributed by atoms with E-state index < -0.39 is 35.4 Å². The molecule has 1 aromatic heterocycles. The number of rotatable bonds is 4. The van der Waals surface area contributed by atoms with Gasteiger partial charge in [0.2, 0.25) is 0 Å². The number of nitrogens with one attached hydrogen (secondary N) is 2. The minimum Gasteiger partial charge on any atom is -0.391 e. The SMILES string of the molecule is Cl.O=C(NCC1CNCC1O)c1nnn(-c2ccc(F)cc2)c1C(F)(F)F. The topological polar surface area (TPSA) is 92.1 Å². The van der Waals surface area contributed by atoms with Gasteiger partial charge in [0.25, 0.3) is 5.91 Å². The van der Waals surface area contributed by atoms with Crippen molar-refractivity contribution in [3.05, 3.63) is 41.5 Å². The summed E-state index contributed by atoms with van der Waals surface area (Å²) >= 11 is 0. The van der Waals surface area contributed by atoms with Gasteiger partial charge in [0, 0.05) is 25.6 Å². The van der Waals surface area contributed by atoms with Crippen LogP contribution in [-0.2, 0) is 6.18 Å². The van der Waals surface area contributed by atoms with Crippen LogP contribution in [0.25, 0.3) is 5.69 Å². The molecule has 27 heavy (non-hydrogen) atoms. The molecule has 2 atom stereocenters. The van der Waals surface area contributed by atoms with E-state index in [-0.39, 0.29) is 30.6 Å². The third-order valence-electron chi connectivity index (χ3n) is 4.05. The maximum absolute atomic E-state index is 13.5. The number of hydrogen-bond acceptors (Lipinski definition) is 5. The molecule has 12 heteroatoms. The van der Waals surface area contributed by atoms with Crippen LogP contribution in [0.2, 0.25) is 0 Å². The summed E-state index contributed by atoms with van der Waals surface area (Å²) in [5, 5.41) is 21.7. The van der Waals surface area contributed by atoms with Gasteiger partial charge in [0.15, 0.2) is 11.4 Å². The molecule has 1 aliphatic rings. The highest BCUT2D eigenvalue weighted by atomic mass is 35.5. The van der Waals surface area contributed by atoms with Gasteiger partial charge >= 0.3 is 6.18 Å². The highest BCUT2D eigenvalue weighted by molar-refractivity contribution is 5.93. The highest BCUT2D eigenvalue weighted by Crippen LogP contribution is 2.32. The standard InChI is InChI=1S/C15H15F4N5O2.ClH/c16-9-1-3-10(4-2-9)24-13(15(17,18)19)12(22-23-24)14(26)21-6-8-5-20-7-11(8)25;/h1-4,8,11,20,25H,5-7H2,(H,21,26);1H. The van der Waals surface area contributed by atoms with Crippen molar-refractivity contribution in [2.45, 2.75) is 12.3 Å². The van der Waals surface area contributed by atoms with Gasteiger partial charge in [-0.25, -0.2) is 9.07 Å². The van der Waals surface area contributed by atoms with Crippen LogP contribution >= 0.6 is 12.4 Å². The Balaban J connectivity index is 0.00000261. The lowest BCUT2D eigenvalue weighted by Crippen LogP contribution is -2.35. The number of hydrogen-bond donors (Lipinski definition) is 3. The molecule has 2 aromatic rings. The summed E-state index contributed by atoms with van der Waals surface area (Å²) in [6.45, 7) is 0.790. The lowest BCUT2D eigenvalue weighted by atomic mass is 10.1. The van der Waals surface area contributed by atoms with Crippen molar-refractivity contribution < 1.29 is 27.5 Å². The highest BCUT2D eigenvalue weighted by Gasteiger charge is 2.42. The lowest BCUT2D eigenvalue weighted by Gasteiger charge is -2.14. The van der Waals surface area contributed by atoms with Crippen molar-refractivity contribution in [2.75, 3.05) is 19.6 Å². The van der Waals surface area contributed by atoms with Crippen LogP contribution in [0.5, 0.6) is 0 Å². The second-order valence-corrected chi connectivity index (χ2v) is 5.87. The van der Waals surface area contributed by atoms with Gasteiger partial charge in [-0.1, -0.05) is 5.21 Å². The molecule has 2 heterocycles. The number of halogens is 5. The van der Waals surface area contributed by atoms with E-state index in [1.807, 2.05) is 0 Å². The Kier molecular flexibility index (Phi) is 6.39. The van der Waals surface area contributed by atoms with Crippen molar-refractivity contribution in [1.29, 1.82) is 0 Å². The van der Waals surface area contributed by atoms with Gasteiger partial charge in [-0.3, -0.25) is 4.79 Å². The van der Waals surface area contributed by atoms with Crippen LogP contribution in [0.1, 0.15) is 16.2 Å². The van der Waals surface area contributed by atoms with E-state index in [1.54, 1.807) is 0 Å². The number of aliphatic hydroxyl groups excluding tert-OH is 1. The number of nitrogens with zero attached hydrogens (tertiary/aromatic N) is 3. The van der Waals surface area contributed by atoms with Crippen molar-refractivity contribution >= 4 is 18.3 Å². The minimum atomic E-state index is -4.90. The van der Waals surface area contributed by atoms with Gasteiger partial charge in [0.05, 0.1) is 11.8 Å². The second kappa shape index (κ2) is 8.19. The zero-order valence-electron chi connectivity index (χ0n) is 13.7. The Labute approximate surface area is 157 Å². The zero-order chi connectivity index (χ0) is 18.9. The van der Waals surface area contributed by atoms with Gasteiger partial charge < -0.3 is 15.7 Å². The number of alkyl halides is 3. The van der Waals surface area contributed by atoms with Crippen LogP contribution in [0.3, 0.4) is 0 Å². The number of carbonyl (C=O) groups excluding carboxylic acids is 1. The maximum atomic E-state index is 13.5. The van der Waals surface area contributed by atoms with Crippen LogP contribution in [0, 0.1) is 11.7 Å². The molecule has 3 rings (SSSR count). The summed E-state index contributed by atoms with van der Waals surface area (Å²) in [5.41, 5.74) is -2.32. The molecule has 1 amide bonds. The Bertz CT molecular complexity index is 796. The van der Waals surface area contributed by atoms with E-state index >= 15 is 0 Å². The molecule has 3 N–H and O–H groups in total. The monoisotopic (exact) mass is 409 g/mol. The lowest BCUT2D eigenvalue weighted by molar-refractivity contribution is -0.143. The number of β-amino-alcohol motifs (C(OH)–C–C–N with tert-alkyl or cyclic N) is 1. The van der Waals surface area contributed by atoms with Crippen molar-refractivity contribution in [2.24, 2.45) is 5.92 Å². The maximum Gasteiger partial charge on any atom is 0.435 e. The molecule has 2 unspecified atom stereocenters. The number of carbonyl (C=O) groups is 1. The second-order valence-electron chi connectivity index (χ2n) is 5.87. The normalized spacial score (nSPS) is 19.6. The average molecular weight is 410 g/mol. The fourth-order valence-corrected chi connectivity index (χ4v) is 2.69. The van der Waals surface area contributed by atoms with Crippen LogP contribution in [0.4, 0.5) is 17.6 Å². The summed E-state index contributed by atoms with van der Waals surface area (Å²) in [5.74, 6) is -1.98. The Morgan fingerprint density at radius 2 is 1.96 bits per heavy atom. The Hall–Kier alpha value is -2.24. The largest absolute Gasteiger partial charge is 0.435 e. The van der Waals surface area contributed by atoms with E-state index in [1.165, 1.54) is 0 Å². The van der Waals surface area contributed by atoms with Gasteiger partial charge in [-0.05, 0) is 24.3 Å². The first-order valence-corrected chi connectivity index (χ1v) is 7.73. The fraction of sp³-hybridized carbons (Fsp3) is 0.400. The zero-order valence-corrected chi connectivity index (χ0v) is 14.5. The fourth-order valence-electron chi connectivity index (χ4n) is 2.69. The summed E-state index contributed by atoms with van der Waals surface area (Å²) in [6, 6.07) is 4.15. The first-order valence-electron chi connectivity index (χ1n) is 7.73. The van der Waals surface area contributed by atoms with E-state index in [0.717, 1.165) is 24.3 Å². The number of amides is 1. The predicted molar refractivity (Wildman–Crippen MR) is 88.3 cm³/mol. The predicted octanol–water partition coefficient (Wildman–Crippen LogP) is 1.16. The molecule has 1 aliphatic heterocycles. The summed E-state index contributed by atoms with van der Waals surface area (Å²) in [4.78, 5) is 12.2. The van der Waals surface area contributed by atoms with E-state index in [9.17, 15) is 27.5 Å².